The Labute approximate surface area is 69.8 Å². The third kappa shape index (κ3) is 1.28. The number of hydrogen-bond acceptors (Lipinski definition) is 3. The minimum Gasteiger partial charge on any atom is -0.364 e. The SMILES string of the molecule is NC(=O)c1ccnc(C2CC2)n1. The fourth-order valence-corrected chi connectivity index (χ4v) is 1.05. The molecule has 0 saturated heterocycles. The number of nitrogens with two attached hydrogens (primary N) is 1. The van der Waals surface area contributed by atoms with Gasteiger partial charge in [-0.2, -0.15) is 0 Å². The van der Waals surface area contributed by atoms with Crippen LogP contribution in [0.5, 0.6) is 0 Å². The van der Waals surface area contributed by atoms with Crippen LogP contribution in [0.1, 0.15) is 35.1 Å². The number of hydrogen-bond donors (Lipinski definition) is 1. The zero-order valence-corrected chi connectivity index (χ0v) is 6.53. The Morgan fingerprint density at radius 1 is 1.58 bits per heavy atom. The van der Waals surface area contributed by atoms with Crippen LogP contribution in [0, 0.1) is 0 Å². The lowest BCUT2D eigenvalue weighted by atomic mass is 10.3. The molecule has 12 heavy (non-hydrogen) atoms. The summed E-state index contributed by atoms with van der Waals surface area (Å²) in [6.45, 7) is 0. The largest absolute Gasteiger partial charge is 0.364 e. The lowest BCUT2D eigenvalue weighted by molar-refractivity contribution is 0.0995. The smallest absolute Gasteiger partial charge is 0.267 e. The zero-order chi connectivity index (χ0) is 8.55. The van der Waals surface area contributed by atoms with E-state index in [2.05, 4.69) is 9.97 Å². The predicted octanol–water partition coefficient (Wildman–Crippen LogP) is 0.453. The van der Waals surface area contributed by atoms with Crippen LogP contribution in [0.15, 0.2) is 12.3 Å². The molecular formula is C8H9N3O. The first-order chi connectivity index (χ1) is 5.77. The quantitative estimate of drug-likeness (QED) is 0.688. The lowest BCUT2D eigenvalue weighted by Crippen LogP contribution is -2.14. The van der Waals surface area contributed by atoms with Gasteiger partial charge in [-0.3, -0.25) is 4.79 Å². The molecule has 0 aromatic carbocycles. The minimum atomic E-state index is -0.487. The molecule has 0 unspecified atom stereocenters. The van der Waals surface area contributed by atoms with Crippen LogP contribution < -0.4 is 5.73 Å². The van der Waals surface area contributed by atoms with Crippen LogP contribution >= 0.6 is 0 Å². The summed E-state index contributed by atoms with van der Waals surface area (Å²) in [5.74, 6) is 0.731. The topological polar surface area (TPSA) is 68.9 Å². The number of aromatic nitrogens is 2. The summed E-state index contributed by atoms with van der Waals surface area (Å²) >= 11 is 0. The van der Waals surface area contributed by atoms with Crippen molar-refractivity contribution in [2.45, 2.75) is 18.8 Å². The Hall–Kier alpha value is -1.45. The van der Waals surface area contributed by atoms with Crippen molar-refractivity contribution in [3.8, 4) is 0 Å². The van der Waals surface area contributed by atoms with Crippen LogP contribution in [0.3, 0.4) is 0 Å². The molecule has 0 atom stereocenters. The maximum atomic E-state index is 10.7. The number of rotatable bonds is 2. The van der Waals surface area contributed by atoms with Crippen molar-refractivity contribution in [3.05, 3.63) is 23.8 Å². The number of primary amides is 1. The monoisotopic (exact) mass is 163 g/mol. The van der Waals surface area contributed by atoms with Crippen LogP contribution in [0.4, 0.5) is 0 Å². The molecule has 0 radical (unpaired) electrons. The predicted molar refractivity (Wildman–Crippen MR) is 42.5 cm³/mol. The maximum Gasteiger partial charge on any atom is 0.267 e. The van der Waals surface area contributed by atoms with Crippen molar-refractivity contribution in [1.82, 2.24) is 9.97 Å². The molecule has 1 aliphatic carbocycles. The Morgan fingerprint density at radius 3 is 2.92 bits per heavy atom. The molecule has 0 aliphatic heterocycles. The van der Waals surface area contributed by atoms with Crippen molar-refractivity contribution in [2.24, 2.45) is 5.73 Å². The number of amides is 1. The van der Waals surface area contributed by atoms with Gasteiger partial charge in [-0.15, -0.1) is 0 Å². The van der Waals surface area contributed by atoms with Gasteiger partial charge >= 0.3 is 0 Å². The van der Waals surface area contributed by atoms with Crippen LogP contribution in [0.2, 0.25) is 0 Å². The molecule has 62 valence electrons. The molecule has 2 N–H and O–H groups in total. The Kier molecular flexibility index (Phi) is 1.53. The number of nitrogens with zero attached hydrogens (tertiary/aromatic N) is 2. The summed E-state index contributed by atoms with van der Waals surface area (Å²) < 4.78 is 0. The van der Waals surface area contributed by atoms with E-state index < -0.39 is 5.91 Å². The first-order valence-corrected chi connectivity index (χ1v) is 3.90. The zero-order valence-electron chi connectivity index (χ0n) is 6.53. The highest BCUT2D eigenvalue weighted by Gasteiger charge is 2.26. The van der Waals surface area contributed by atoms with Gasteiger partial charge in [0.05, 0.1) is 0 Å². The molecule has 0 bridgehead atoms. The Morgan fingerprint density at radius 2 is 2.33 bits per heavy atom. The summed E-state index contributed by atoms with van der Waals surface area (Å²) in [7, 11) is 0. The molecule has 1 aromatic rings. The fraction of sp³-hybridized carbons (Fsp3) is 0.375. The maximum absolute atomic E-state index is 10.7. The van der Waals surface area contributed by atoms with E-state index in [0.29, 0.717) is 11.6 Å². The first-order valence-electron chi connectivity index (χ1n) is 3.90. The summed E-state index contributed by atoms with van der Waals surface area (Å²) in [4.78, 5) is 18.8. The average molecular weight is 163 g/mol. The third-order valence-electron chi connectivity index (χ3n) is 1.87. The second kappa shape index (κ2) is 2.55. The van der Waals surface area contributed by atoms with E-state index >= 15 is 0 Å². The van der Waals surface area contributed by atoms with Gasteiger partial charge in [-0.1, -0.05) is 0 Å². The molecule has 1 fully saturated rings. The van der Waals surface area contributed by atoms with E-state index in [-0.39, 0.29) is 0 Å². The van der Waals surface area contributed by atoms with Gasteiger partial charge in [0.2, 0.25) is 0 Å². The minimum absolute atomic E-state index is 0.312. The van der Waals surface area contributed by atoms with Gasteiger partial charge in [0.25, 0.3) is 5.91 Å². The van der Waals surface area contributed by atoms with Crippen molar-refractivity contribution < 1.29 is 4.79 Å². The van der Waals surface area contributed by atoms with Crippen molar-refractivity contribution in [1.29, 1.82) is 0 Å². The summed E-state index contributed by atoms with van der Waals surface area (Å²) in [6.07, 6.45) is 3.84. The molecule has 1 aromatic heterocycles. The average Bonchev–Trinajstić information content (AvgIpc) is 2.87. The van der Waals surface area contributed by atoms with Gasteiger partial charge in [0.15, 0.2) is 0 Å². The molecule has 2 rings (SSSR count). The van der Waals surface area contributed by atoms with E-state index in [1.165, 1.54) is 6.07 Å². The highest BCUT2D eigenvalue weighted by atomic mass is 16.1. The van der Waals surface area contributed by atoms with Gasteiger partial charge in [0.1, 0.15) is 11.5 Å². The second-order valence-electron chi connectivity index (χ2n) is 2.94. The lowest BCUT2D eigenvalue weighted by Gasteiger charge is -1.97. The molecule has 0 spiro atoms. The first kappa shape index (κ1) is 7.21. The molecule has 4 nitrogen and oxygen atoms in total. The fourth-order valence-electron chi connectivity index (χ4n) is 1.05. The van der Waals surface area contributed by atoms with E-state index in [0.717, 1.165) is 18.7 Å². The Bertz CT molecular complexity index is 320. The third-order valence-corrected chi connectivity index (χ3v) is 1.87. The van der Waals surface area contributed by atoms with Crippen molar-refractivity contribution >= 4 is 5.91 Å². The highest BCUT2D eigenvalue weighted by molar-refractivity contribution is 5.90. The molecule has 1 heterocycles. The van der Waals surface area contributed by atoms with Crippen molar-refractivity contribution in [3.63, 3.8) is 0 Å². The van der Waals surface area contributed by atoms with E-state index in [1.807, 2.05) is 0 Å². The van der Waals surface area contributed by atoms with Gasteiger partial charge in [-0.05, 0) is 18.9 Å². The van der Waals surface area contributed by atoms with E-state index in [9.17, 15) is 4.79 Å². The summed E-state index contributed by atoms with van der Waals surface area (Å²) in [5, 5.41) is 0. The van der Waals surface area contributed by atoms with Crippen LogP contribution in [0.25, 0.3) is 0 Å². The molecular weight excluding hydrogens is 154 g/mol. The van der Waals surface area contributed by atoms with E-state index in [1.54, 1.807) is 6.20 Å². The highest BCUT2D eigenvalue weighted by Crippen LogP contribution is 2.37. The number of carbonyl (C=O) groups excluding carboxylic acids is 1. The second-order valence-corrected chi connectivity index (χ2v) is 2.94. The summed E-state index contributed by atoms with van der Waals surface area (Å²) in [5.41, 5.74) is 5.39. The molecule has 1 aliphatic rings. The standard InChI is InChI=1S/C8H9N3O/c9-7(12)6-3-4-10-8(11-6)5-1-2-5/h3-5H,1-2H2,(H2,9,12). The van der Waals surface area contributed by atoms with Crippen LogP contribution in [-0.2, 0) is 0 Å². The van der Waals surface area contributed by atoms with Crippen LogP contribution in [-0.4, -0.2) is 15.9 Å². The Balaban J connectivity index is 2.32. The number of carbonyl (C=O) groups is 1. The molecule has 1 saturated carbocycles. The van der Waals surface area contributed by atoms with Gasteiger partial charge in [0, 0.05) is 12.1 Å². The summed E-state index contributed by atoms with van der Waals surface area (Å²) in [6, 6.07) is 1.54. The van der Waals surface area contributed by atoms with Gasteiger partial charge < -0.3 is 5.73 Å². The molecule has 4 heteroatoms. The molecule has 1 amide bonds. The van der Waals surface area contributed by atoms with Gasteiger partial charge in [-0.25, -0.2) is 9.97 Å². The van der Waals surface area contributed by atoms with E-state index in [4.69, 9.17) is 5.73 Å². The normalized spacial score (nSPS) is 16.0. The van der Waals surface area contributed by atoms with Crippen molar-refractivity contribution in [2.75, 3.05) is 0 Å².